The number of carbonyl (C=O) groups excluding carboxylic acids is 2. The van der Waals surface area contributed by atoms with Gasteiger partial charge < -0.3 is 10.2 Å². The van der Waals surface area contributed by atoms with Crippen molar-refractivity contribution >= 4 is 17.5 Å². The van der Waals surface area contributed by atoms with E-state index in [-0.39, 0.29) is 23.9 Å². The molecule has 0 aliphatic heterocycles. The molecule has 24 heavy (non-hydrogen) atoms. The van der Waals surface area contributed by atoms with Crippen LogP contribution in [0.1, 0.15) is 77.1 Å². The molecule has 0 fully saturated rings. The average Bonchev–Trinajstić information content (AvgIpc) is 2.58. The van der Waals surface area contributed by atoms with Crippen LogP contribution in [0.3, 0.4) is 0 Å². The van der Waals surface area contributed by atoms with Gasteiger partial charge in [-0.25, -0.2) is 0 Å². The number of nitrogens with zero attached hydrogens (tertiary/aromatic N) is 1. The first-order chi connectivity index (χ1) is 11.5. The average molecular weight is 332 g/mol. The number of rotatable bonds is 9. The first-order valence-electron chi connectivity index (χ1n) is 9.19. The molecule has 0 radical (unpaired) electrons. The van der Waals surface area contributed by atoms with Crippen molar-refractivity contribution in [3.05, 3.63) is 29.8 Å². The molecule has 1 N–H and O–H groups in total. The van der Waals surface area contributed by atoms with Crippen molar-refractivity contribution < 1.29 is 9.59 Å². The number of carbonyl (C=O) groups is 2. The van der Waals surface area contributed by atoms with Crippen LogP contribution in [-0.2, 0) is 4.79 Å². The van der Waals surface area contributed by atoms with E-state index in [2.05, 4.69) is 33.0 Å². The summed E-state index contributed by atoms with van der Waals surface area (Å²) in [5, 5.41) is 3.05. The molecule has 0 saturated carbocycles. The van der Waals surface area contributed by atoms with E-state index in [1.54, 1.807) is 13.0 Å². The Morgan fingerprint density at radius 2 is 1.75 bits per heavy atom. The van der Waals surface area contributed by atoms with Crippen molar-refractivity contribution in [2.45, 2.75) is 78.8 Å². The van der Waals surface area contributed by atoms with Crippen LogP contribution < -0.4 is 10.2 Å². The number of anilines is 1. The van der Waals surface area contributed by atoms with Gasteiger partial charge in [0, 0.05) is 30.3 Å². The SMILES string of the molecule is CCCC(CC)N(C(C)=O)c1cccc(C(=O)NC(CC)CC)c1. The van der Waals surface area contributed by atoms with Gasteiger partial charge in [0.1, 0.15) is 0 Å². The molecule has 134 valence electrons. The van der Waals surface area contributed by atoms with Crippen LogP contribution in [0.5, 0.6) is 0 Å². The Balaban J connectivity index is 3.07. The molecule has 0 aliphatic carbocycles. The van der Waals surface area contributed by atoms with Crippen LogP contribution in [-0.4, -0.2) is 23.9 Å². The van der Waals surface area contributed by atoms with E-state index in [1.807, 2.05) is 23.1 Å². The predicted molar refractivity (Wildman–Crippen MR) is 100 cm³/mol. The van der Waals surface area contributed by atoms with Gasteiger partial charge in [0.15, 0.2) is 0 Å². The Labute approximate surface area is 146 Å². The first-order valence-corrected chi connectivity index (χ1v) is 9.19. The molecule has 4 nitrogen and oxygen atoms in total. The monoisotopic (exact) mass is 332 g/mol. The molecule has 1 unspecified atom stereocenters. The topological polar surface area (TPSA) is 49.4 Å². The smallest absolute Gasteiger partial charge is 0.251 e. The zero-order chi connectivity index (χ0) is 18.1. The molecule has 2 amide bonds. The summed E-state index contributed by atoms with van der Waals surface area (Å²) in [6.45, 7) is 9.95. The third-order valence-electron chi connectivity index (χ3n) is 4.50. The molecule has 1 aromatic rings. The minimum absolute atomic E-state index is 0.0212. The lowest BCUT2D eigenvalue weighted by Crippen LogP contribution is -2.39. The lowest BCUT2D eigenvalue weighted by atomic mass is 10.0. The highest BCUT2D eigenvalue weighted by Crippen LogP contribution is 2.23. The van der Waals surface area contributed by atoms with Gasteiger partial charge in [0.05, 0.1) is 0 Å². The zero-order valence-corrected chi connectivity index (χ0v) is 15.8. The second-order valence-corrected chi connectivity index (χ2v) is 6.28. The molecule has 0 saturated heterocycles. The minimum atomic E-state index is -0.0717. The Morgan fingerprint density at radius 3 is 2.25 bits per heavy atom. The minimum Gasteiger partial charge on any atom is -0.349 e. The lowest BCUT2D eigenvalue weighted by molar-refractivity contribution is -0.117. The number of amides is 2. The summed E-state index contributed by atoms with van der Waals surface area (Å²) in [4.78, 5) is 26.5. The maximum absolute atomic E-state index is 12.5. The standard InChI is InChI=1S/C20H32N2O2/c1-6-11-18(9-4)22(15(5)23)19-13-10-12-16(14-19)20(24)21-17(7-2)8-3/h10,12-14,17-18H,6-9,11H2,1-5H3,(H,21,24). The Bertz CT molecular complexity index is 538. The van der Waals surface area contributed by atoms with Crippen molar-refractivity contribution in [3.63, 3.8) is 0 Å². The molecule has 1 rings (SSSR count). The van der Waals surface area contributed by atoms with Crippen LogP contribution in [0.15, 0.2) is 24.3 Å². The molecule has 1 atom stereocenters. The van der Waals surface area contributed by atoms with Crippen molar-refractivity contribution in [2.75, 3.05) is 4.90 Å². The van der Waals surface area contributed by atoms with Gasteiger partial charge in [-0.15, -0.1) is 0 Å². The molecule has 0 heterocycles. The highest BCUT2D eigenvalue weighted by atomic mass is 16.2. The fourth-order valence-corrected chi connectivity index (χ4v) is 3.06. The van der Waals surface area contributed by atoms with E-state index < -0.39 is 0 Å². The second kappa shape index (κ2) is 10.1. The van der Waals surface area contributed by atoms with Gasteiger partial charge >= 0.3 is 0 Å². The summed E-state index contributed by atoms with van der Waals surface area (Å²) in [6.07, 6.45) is 4.71. The van der Waals surface area contributed by atoms with Crippen LogP contribution in [0, 0.1) is 0 Å². The van der Waals surface area contributed by atoms with E-state index in [9.17, 15) is 9.59 Å². The number of nitrogens with one attached hydrogen (secondary N) is 1. The van der Waals surface area contributed by atoms with Crippen LogP contribution in [0.25, 0.3) is 0 Å². The normalized spacial score (nSPS) is 12.1. The molecular weight excluding hydrogens is 300 g/mol. The second-order valence-electron chi connectivity index (χ2n) is 6.28. The number of hydrogen-bond acceptors (Lipinski definition) is 2. The van der Waals surface area contributed by atoms with Crippen LogP contribution >= 0.6 is 0 Å². The van der Waals surface area contributed by atoms with Gasteiger partial charge in [-0.3, -0.25) is 9.59 Å². The molecule has 0 spiro atoms. The van der Waals surface area contributed by atoms with Crippen molar-refractivity contribution in [3.8, 4) is 0 Å². The summed E-state index contributed by atoms with van der Waals surface area (Å²) < 4.78 is 0. The highest BCUT2D eigenvalue weighted by Gasteiger charge is 2.21. The maximum atomic E-state index is 12.5. The van der Waals surface area contributed by atoms with Crippen LogP contribution in [0.2, 0.25) is 0 Å². The third kappa shape index (κ3) is 5.36. The van der Waals surface area contributed by atoms with Crippen molar-refractivity contribution in [1.29, 1.82) is 0 Å². The zero-order valence-electron chi connectivity index (χ0n) is 15.8. The van der Waals surface area contributed by atoms with E-state index in [0.29, 0.717) is 5.56 Å². The van der Waals surface area contributed by atoms with Gasteiger partial charge in [0.25, 0.3) is 5.91 Å². The van der Waals surface area contributed by atoms with Gasteiger partial charge in [0.2, 0.25) is 5.91 Å². The molecular formula is C20H32N2O2. The number of hydrogen-bond donors (Lipinski definition) is 1. The van der Waals surface area contributed by atoms with Crippen molar-refractivity contribution in [2.24, 2.45) is 0 Å². The van der Waals surface area contributed by atoms with Gasteiger partial charge in [-0.05, 0) is 43.9 Å². The molecule has 0 aliphatic rings. The fraction of sp³-hybridized carbons (Fsp3) is 0.600. The Morgan fingerprint density at radius 1 is 1.08 bits per heavy atom. The number of benzene rings is 1. The molecule has 1 aromatic carbocycles. The van der Waals surface area contributed by atoms with E-state index in [4.69, 9.17) is 0 Å². The van der Waals surface area contributed by atoms with Gasteiger partial charge in [-0.1, -0.05) is 40.2 Å². The van der Waals surface area contributed by atoms with Crippen LogP contribution in [0.4, 0.5) is 5.69 Å². The third-order valence-corrected chi connectivity index (χ3v) is 4.50. The largest absolute Gasteiger partial charge is 0.349 e. The van der Waals surface area contributed by atoms with E-state index >= 15 is 0 Å². The lowest BCUT2D eigenvalue weighted by Gasteiger charge is -2.30. The fourth-order valence-electron chi connectivity index (χ4n) is 3.06. The summed E-state index contributed by atoms with van der Waals surface area (Å²) in [7, 11) is 0. The molecule has 0 aromatic heterocycles. The molecule has 4 heteroatoms. The van der Waals surface area contributed by atoms with Gasteiger partial charge in [-0.2, -0.15) is 0 Å². The maximum Gasteiger partial charge on any atom is 0.251 e. The Hall–Kier alpha value is -1.84. The molecule has 0 bridgehead atoms. The highest BCUT2D eigenvalue weighted by molar-refractivity contribution is 5.97. The summed E-state index contributed by atoms with van der Waals surface area (Å²) in [6, 6.07) is 7.76. The summed E-state index contributed by atoms with van der Waals surface area (Å²) >= 11 is 0. The quantitative estimate of drug-likeness (QED) is 0.722. The predicted octanol–water partition coefficient (Wildman–Crippen LogP) is 4.54. The Kier molecular flexibility index (Phi) is 8.51. The van der Waals surface area contributed by atoms with E-state index in [0.717, 1.165) is 37.8 Å². The van der Waals surface area contributed by atoms with E-state index in [1.165, 1.54) is 0 Å². The summed E-state index contributed by atoms with van der Waals surface area (Å²) in [5.41, 5.74) is 1.41. The first kappa shape index (κ1) is 20.2. The van der Waals surface area contributed by atoms with Crippen molar-refractivity contribution in [1.82, 2.24) is 5.32 Å². The summed E-state index contributed by atoms with van der Waals surface area (Å²) in [5.74, 6) is -0.0505.